The van der Waals surface area contributed by atoms with Crippen LogP contribution in [0.15, 0.2) is 89.2 Å². The standard InChI is InChI=1S/C31H31N3O3/c1-19-13-14-32-26(15-19)34-30(36)27-20(2)33-24-17-31(3,4)18-25(35)29(24)28(27)21-9-8-12-23(16-21)37-22-10-6-5-7-11-22/h5-16,27-28H,17-18H2,1-4H3,(H,32,34,36)/t27?,28-/m0/s1. The fourth-order valence-electron chi connectivity index (χ4n) is 5.35. The Morgan fingerprint density at radius 1 is 0.973 bits per heavy atom. The maximum Gasteiger partial charge on any atom is 0.235 e. The molecule has 0 bridgehead atoms. The number of benzene rings is 2. The number of aliphatic imine (C=N–C) groups is 1. The topological polar surface area (TPSA) is 80.6 Å². The number of aryl methyl sites for hydroxylation is 1. The van der Waals surface area contributed by atoms with Crippen molar-refractivity contribution in [2.45, 2.75) is 46.5 Å². The van der Waals surface area contributed by atoms with Gasteiger partial charge in [0.15, 0.2) is 5.78 Å². The van der Waals surface area contributed by atoms with Gasteiger partial charge >= 0.3 is 0 Å². The van der Waals surface area contributed by atoms with Crippen molar-refractivity contribution < 1.29 is 14.3 Å². The first kappa shape index (κ1) is 24.6. The predicted octanol–water partition coefficient (Wildman–Crippen LogP) is 6.64. The van der Waals surface area contributed by atoms with Crippen LogP contribution in [0.3, 0.4) is 0 Å². The molecule has 1 aliphatic heterocycles. The second-order valence-corrected chi connectivity index (χ2v) is 10.7. The SMILES string of the molecule is CC1=NC2=C(C(=O)CC(C)(C)C2)[C@@H](c2cccc(Oc3ccccc3)c2)C1C(=O)Nc1cc(C)ccn1. The molecule has 1 amide bonds. The first-order valence-corrected chi connectivity index (χ1v) is 12.6. The Labute approximate surface area is 217 Å². The highest BCUT2D eigenvalue weighted by Crippen LogP contribution is 2.48. The number of aromatic nitrogens is 1. The zero-order chi connectivity index (χ0) is 26.2. The normalized spacial score (nSPS) is 20.6. The molecule has 0 spiro atoms. The van der Waals surface area contributed by atoms with Crippen molar-refractivity contribution in [3.8, 4) is 11.5 Å². The van der Waals surface area contributed by atoms with Crippen molar-refractivity contribution in [2.24, 2.45) is 16.3 Å². The van der Waals surface area contributed by atoms with Gasteiger partial charge in [0.05, 0.1) is 5.92 Å². The number of ether oxygens (including phenoxy) is 1. The van der Waals surface area contributed by atoms with Gasteiger partial charge in [-0.15, -0.1) is 0 Å². The van der Waals surface area contributed by atoms with Crippen LogP contribution in [-0.2, 0) is 9.59 Å². The summed E-state index contributed by atoms with van der Waals surface area (Å²) in [6.45, 7) is 8.00. The van der Waals surface area contributed by atoms with Crippen molar-refractivity contribution in [1.29, 1.82) is 0 Å². The van der Waals surface area contributed by atoms with Crippen molar-refractivity contribution in [2.75, 3.05) is 5.32 Å². The van der Waals surface area contributed by atoms with Gasteiger partial charge in [0.1, 0.15) is 17.3 Å². The number of carbonyl (C=O) groups excluding carboxylic acids is 2. The van der Waals surface area contributed by atoms with Gasteiger partial charge < -0.3 is 10.1 Å². The quantitative estimate of drug-likeness (QED) is 0.432. The zero-order valence-electron chi connectivity index (χ0n) is 21.6. The van der Waals surface area contributed by atoms with Crippen LogP contribution in [0.2, 0.25) is 0 Å². The van der Waals surface area contributed by atoms with Gasteiger partial charge in [-0.05, 0) is 73.2 Å². The Morgan fingerprint density at radius 2 is 1.73 bits per heavy atom. The van der Waals surface area contributed by atoms with Crippen molar-refractivity contribution >= 4 is 23.2 Å². The number of para-hydroxylation sites is 1. The Morgan fingerprint density at radius 3 is 2.49 bits per heavy atom. The molecule has 0 saturated carbocycles. The van der Waals surface area contributed by atoms with Crippen molar-refractivity contribution in [3.05, 3.63) is 95.3 Å². The highest BCUT2D eigenvalue weighted by Gasteiger charge is 2.45. The highest BCUT2D eigenvalue weighted by atomic mass is 16.5. The van der Waals surface area contributed by atoms with Crippen LogP contribution in [0.5, 0.6) is 11.5 Å². The molecule has 0 fully saturated rings. The summed E-state index contributed by atoms with van der Waals surface area (Å²) in [5, 5.41) is 2.97. The summed E-state index contributed by atoms with van der Waals surface area (Å²) in [5.41, 5.74) is 3.78. The second kappa shape index (κ2) is 9.77. The number of pyridine rings is 1. The van der Waals surface area contributed by atoms with Gasteiger partial charge in [0.2, 0.25) is 5.91 Å². The number of anilines is 1. The van der Waals surface area contributed by atoms with Gasteiger partial charge in [0.25, 0.3) is 0 Å². The van der Waals surface area contributed by atoms with Crippen LogP contribution in [0.1, 0.15) is 50.7 Å². The number of nitrogens with zero attached hydrogens (tertiary/aromatic N) is 2. The van der Waals surface area contributed by atoms with Crippen LogP contribution < -0.4 is 10.1 Å². The van der Waals surface area contributed by atoms with E-state index in [1.165, 1.54) is 0 Å². The Balaban J connectivity index is 1.57. The largest absolute Gasteiger partial charge is 0.457 e. The van der Waals surface area contributed by atoms with E-state index in [0.717, 1.165) is 22.6 Å². The lowest BCUT2D eigenvalue weighted by molar-refractivity contribution is -0.119. The van der Waals surface area contributed by atoms with Crippen LogP contribution in [0, 0.1) is 18.3 Å². The van der Waals surface area contributed by atoms with E-state index in [1.54, 1.807) is 6.20 Å². The summed E-state index contributed by atoms with van der Waals surface area (Å²) in [7, 11) is 0. The van der Waals surface area contributed by atoms with E-state index < -0.39 is 11.8 Å². The minimum Gasteiger partial charge on any atom is -0.457 e. The third-order valence-electron chi connectivity index (χ3n) is 6.95. The minimum atomic E-state index is -0.654. The van der Waals surface area contributed by atoms with Crippen LogP contribution in [0.25, 0.3) is 0 Å². The summed E-state index contributed by atoms with van der Waals surface area (Å²) in [5.74, 6) is 0.536. The smallest absolute Gasteiger partial charge is 0.235 e. The summed E-state index contributed by atoms with van der Waals surface area (Å²) in [6, 6.07) is 20.9. The van der Waals surface area contributed by atoms with Crippen LogP contribution in [0.4, 0.5) is 5.82 Å². The third kappa shape index (κ3) is 5.24. The fraction of sp³-hybridized carbons (Fsp3) is 0.290. The number of rotatable bonds is 5. The molecule has 37 heavy (non-hydrogen) atoms. The molecule has 2 aromatic carbocycles. The van der Waals surface area contributed by atoms with Gasteiger partial charge in [0, 0.05) is 35.5 Å². The van der Waals surface area contributed by atoms with Crippen molar-refractivity contribution in [1.82, 2.24) is 4.98 Å². The molecule has 3 aromatic rings. The zero-order valence-corrected chi connectivity index (χ0v) is 21.6. The fourth-order valence-corrected chi connectivity index (χ4v) is 5.35. The molecule has 2 aliphatic rings. The van der Waals surface area contributed by atoms with E-state index in [0.29, 0.717) is 35.7 Å². The molecule has 2 heterocycles. The molecule has 1 aromatic heterocycles. The Bertz CT molecular complexity index is 1420. The summed E-state index contributed by atoms with van der Waals surface area (Å²) in [6.07, 6.45) is 2.78. The van der Waals surface area contributed by atoms with Crippen LogP contribution >= 0.6 is 0 Å². The molecule has 2 atom stereocenters. The predicted molar refractivity (Wildman–Crippen MR) is 145 cm³/mol. The molecule has 1 unspecified atom stereocenters. The van der Waals surface area contributed by atoms with Gasteiger partial charge in [-0.3, -0.25) is 14.6 Å². The lowest BCUT2D eigenvalue weighted by Gasteiger charge is -2.39. The van der Waals surface area contributed by atoms with E-state index >= 15 is 0 Å². The molecule has 0 saturated heterocycles. The molecule has 6 nitrogen and oxygen atoms in total. The number of amides is 1. The number of nitrogens with one attached hydrogen (secondary N) is 1. The van der Waals surface area contributed by atoms with Gasteiger partial charge in [-0.1, -0.05) is 44.2 Å². The molecule has 6 heteroatoms. The van der Waals surface area contributed by atoms with E-state index in [4.69, 9.17) is 9.73 Å². The first-order valence-electron chi connectivity index (χ1n) is 12.6. The summed E-state index contributed by atoms with van der Waals surface area (Å²) < 4.78 is 6.10. The molecule has 188 valence electrons. The number of ketones is 1. The molecular formula is C31H31N3O3. The van der Waals surface area contributed by atoms with Crippen molar-refractivity contribution in [3.63, 3.8) is 0 Å². The molecule has 1 aliphatic carbocycles. The molecule has 0 radical (unpaired) electrons. The molecule has 5 rings (SSSR count). The van der Waals surface area contributed by atoms with Gasteiger partial charge in [-0.25, -0.2) is 4.98 Å². The summed E-state index contributed by atoms with van der Waals surface area (Å²) >= 11 is 0. The second-order valence-electron chi connectivity index (χ2n) is 10.7. The third-order valence-corrected chi connectivity index (χ3v) is 6.95. The number of allylic oxidation sites excluding steroid dienone is 2. The number of carbonyl (C=O) groups is 2. The molecular weight excluding hydrogens is 462 g/mol. The number of hydrogen-bond acceptors (Lipinski definition) is 5. The number of hydrogen-bond donors (Lipinski definition) is 1. The lowest BCUT2D eigenvalue weighted by atomic mass is 9.66. The average molecular weight is 494 g/mol. The van der Waals surface area contributed by atoms with E-state index in [2.05, 4.69) is 24.1 Å². The van der Waals surface area contributed by atoms with E-state index in [-0.39, 0.29) is 17.1 Å². The number of Topliss-reactive ketones (excluding diaryl/α,β-unsaturated/α-hetero) is 1. The lowest BCUT2D eigenvalue weighted by Crippen LogP contribution is -2.41. The first-order chi connectivity index (χ1) is 17.7. The van der Waals surface area contributed by atoms with Crippen LogP contribution in [-0.4, -0.2) is 22.4 Å². The molecule has 1 N–H and O–H groups in total. The monoisotopic (exact) mass is 493 g/mol. The Kier molecular flexibility index (Phi) is 6.50. The van der Waals surface area contributed by atoms with E-state index in [1.807, 2.05) is 80.6 Å². The average Bonchev–Trinajstić information content (AvgIpc) is 2.83. The summed E-state index contributed by atoms with van der Waals surface area (Å²) in [4.78, 5) is 36.5. The van der Waals surface area contributed by atoms with Gasteiger partial charge in [-0.2, -0.15) is 0 Å². The maximum absolute atomic E-state index is 13.8. The Hall–Kier alpha value is -4.06. The highest BCUT2D eigenvalue weighted by molar-refractivity contribution is 6.13. The minimum absolute atomic E-state index is 0.0494. The van der Waals surface area contributed by atoms with E-state index in [9.17, 15) is 9.59 Å². The maximum atomic E-state index is 13.8.